The molecule has 132 valence electrons. The summed E-state index contributed by atoms with van der Waals surface area (Å²) in [5.41, 5.74) is 3.04. The fourth-order valence-electron chi connectivity index (χ4n) is 3.92. The van der Waals surface area contributed by atoms with Crippen LogP contribution in [0.2, 0.25) is 0 Å². The molecular weight excluding hydrogens is 326 g/mol. The standard InChI is InChI=1S/C17H25N3O3S/c21-24(22,18-15-3-1-2-4-15)20-8-7-14-5-6-16(13-17(14)20)19-9-11-23-12-10-19/h5-6,13,15,18H,1-4,7-12H2. The van der Waals surface area contributed by atoms with Gasteiger partial charge in [-0.15, -0.1) is 0 Å². The molecule has 0 unspecified atom stereocenters. The Morgan fingerprint density at radius 2 is 1.83 bits per heavy atom. The highest BCUT2D eigenvalue weighted by Crippen LogP contribution is 2.34. The minimum absolute atomic E-state index is 0.0986. The van der Waals surface area contributed by atoms with Crippen molar-refractivity contribution in [2.45, 2.75) is 38.1 Å². The number of hydrogen-bond donors (Lipinski definition) is 1. The van der Waals surface area contributed by atoms with Crippen LogP contribution in [0.25, 0.3) is 0 Å². The Kier molecular flexibility index (Phi) is 4.40. The summed E-state index contributed by atoms with van der Waals surface area (Å²) in [6.07, 6.45) is 4.92. The van der Waals surface area contributed by atoms with Crippen molar-refractivity contribution in [3.05, 3.63) is 23.8 Å². The zero-order chi connectivity index (χ0) is 16.6. The molecule has 1 aromatic rings. The summed E-state index contributed by atoms with van der Waals surface area (Å²) in [7, 11) is -3.46. The van der Waals surface area contributed by atoms with Crippen LogP contribution in [0.3, 0.4) is 0 Å². The molecule has 24 heavy (non-hydrogen) atoms. The highest BCUT2D eigenvalue weighted by atomic mass is 32.2. The summed E-state index contributed by atoms with van der Waals surface area (Å²) in [5, 5.41) is 0. The number of hydrogen-bond acceptors (Lipinski definition) is 4. The normalized spacial score (nSPS) is 22.2. The fourth-order valence-corrected chi connectivity index (χ4v) is 5.47. The largest absolute Gasteiger partial charge is 0.378 e. The van der Waals surface area contributed by atoms with Gasteiger partial charge in [-0.2, -0.15) is 13.1 Å². The first-order chi connectivity index (χ1) is 11.6. The lowest BCUT2D eigenvalue weighted by atomic mass is 10.1. The number of nitrogens with zero attached hydrogens (tertiary/aromatic N) is 2. The second-order valence-corrected chi connectivity index (χ2v) is 8.47. The summed E-state index contributed by atoms with van der Waals surface area (Å²) < 4.78 is 35.5. The fraction of sp³-hybridized carbons (Fsp3) is 0.647. The zero-order valence-corrected chi connectivity index (χ0v) is 14.7. The van der Waals surface area contributed by atoms with E-state index < -0.39 is 10.2 Å². The molecule has 0 spiro atoms. The average Bonchev–Trinajstić information content (AvgIpc) is 3.24. The molecule has 2 fully saturated rings. The van der Waals surface area contributed by atoms with Gasteiger partial charge >= 0.3 is 10.2 Å². The smallest absolute Gasteiger partial charge is 0.301 e. The molecule has 1 aliphatic carbocycles. The second-order valence-electron chi connectivity index (χ2n) is 6.84. The molecule has 1 N–H and O–H groups in total. The third kappa shape index (κ3) is 3.12. The minimum atomic E-state index is -3.46. The Morgan fingerprint density at radius 3 is 2.58 bits per heavy atom. The van der Waals surface area contributed by atoms with E-state index in [0.717, 1.165) is 75.3 Å². The Balaban J connectivity index is 1.57. The lowest BCUT2D eigenvalue weighted by Gasteiger charge is -2.30. The van der Waals surface area contributed by atoms with E-state index in [2.05, 4.69) is 21.8 Å². The van der Waals surface area contributed by atoms with Crippen LogP contribution in [0.1, 0.15) is 31.2 Å². The minimum Gasteiger partial charge on any atom is -0.378 e. The van der Waals surface area contributed by atoms with E-state index in [4.69, 9.17) is 4.74 Å². The molecule has 1 saturated heterocycles. The van der Waals surface area contributed by atoms with Gasteiger partial charge in [0.25, 0.3) is 0 Å². The number of nitrogens with one attached hydrogen (secondary N) is 1. The van der Waals surface area contributed by atoms with E-state index in [1.54, 1.807) is 4.31 Å². The van der Waals surface area contributed by atoms with E-state index in [1.165, 1.54) is 0 Å². The quantitative estimate of drug-likeness (QED) is 0.896. The van der Waals surface area contributed by atoms with E-state index in [0.29, 0.717) is 6.54 Å². The van der Waals surface area contributed by atoms with Crippen molar-refractivity contribution in [3.8, 4) is 0 Å². The van der Waals surface area contributed by atoms with Crippen LogP contribution < -0.4 is 13.9 Å². The monoisotopic (exact) mass is 351 g/mol. The van der Waals surface area contributed by atoms with Gasteiger partial charge in [0, 0.05) is 31.4 Å². The molecule has 0 atom stereocenters. The van der Waals surface area contributed by atoms with Gasteiger partial charge in [0.15, 0.2) is 0 Å². The molecular formula is C17H25N3O3S. The number of benzene rings is 1. The molecule has 6 nitrogen and oxygen atoms in total. The predicted molar refractivity (Wildman–Crippen MR) is 94.8 cm³/mol. The molecule has 0 amide bonds. The van der Waals surface area contributed by atoms with Crippen LogP contribution >= 0.6 is 0 Å². The van der Waals surface area contributed by atoms with E-state index in [-0.39, 0.29) is 6.04 Å². The van der Waals surface area contributed by atoms with Gasteiger partial charge in [-0.25, -0.2) is 0 Å². The predicted octanol–water partition coefficient (Wildman–Crippen LogP) is 1.66. The van der Waals surface area contributed by atoms with Gasteiger partial charge in [-0.1, -0.05) is 18.9 Å². The van der Waals surface area contributed by atoms with Crippen LogP contribution in [0, 0.1) is 0 Å². The highest BCUT2D eigenvalue weighted by molar-refractivity contribution is 7.90. The highest BCUT2D eigenvalue weighted by Gasteiger charge is 2.32. The van der Waals surface area contributed by atoms with Gasteiger partial charge in [-0.3, -0.25) is 4.31 Å². The van der Waals surface area contributed by atoms with Gasteiger partial charge in [0.05, 0.1) is 18.9 Å². The van der Waals surface area contributed by atoms with Crippen molar-refractivity contribution in [2.24, 2.45) is 0 Å². The number of fused-ring (bicyclic) bond motifs is 1. The number of rotatable bonds is 4. The van der Waals surface area contributed by atoms with Crippen molar-refractivity contribution >= 4 is 21.6 Å². The maximum Gasteiger partial charge on any atom is 0.301 e. The van der Waals surface area contributed by atoms with Crippen LogP contribution in [0.4, 0.5) is 11.4 Å². The molecule has 7 heteroatoms. The Hall–Kier alpha value is -1.31. The maximum absolute atomic E-state index is 12.8. The molecule has 0 radical (unpaired) electrons. The van der Waals surface area contributed by atoms with Gasteiger partial charge in [-0.05, 0) is 37.0 Å². The molecule has 3 aliphatic rings. The second kappa shape index (κ2) is 6.54. The first kappa shape index (κ1) is 16.2. The first-order valence-electron chi connectivity index (χ1n) is 8.89. The maximum atomic E-state index is 12.8. The zero-order valence-electron chi connectivity index (χ0n) is 13.9. The number of ether oxygens (including phenoxy) is 1. The molecule has 0 bridgehead atoms. The van der Waals surface area contributed by atoms with Crippen LogP contribution in [-0.2, 0) is 21.4 Å². The SMILES string of the molecule is O=S(=O)(NC1CCCC1)N1CCc2ccc(N3CCOCC3)cc21. The Labute approximate surface area is 144 Å². The molecule has 1 saturated carbocycles. The van der Waals surface area contributed by atoms with Crippen LogP contribution in [0.15, 0.2) is 18.2 Å². The molecule has 2 aliphatic heterocycles. The molecule has 4 rings (SSSR count). The summed E-state index contributed by atoms with van der Waals surface area (Å²) in [5.74, 6) is 0. The molecule has 2 heterocycles. The van der Waals surface area contributed by atoms with Crippen molar-refractivity contribution in [2.75, 3.05) is 42.1 Å². The van der Waals surface area contributed by atoms with Crippen molar-refractivity contribution < 1.29 is 13.2 Å². The van der Waals surface area contributed by atoms with E-state index in [1.807, 2.05) is 6.07 Å². The van der Waals surface area contributed by atoms with Crippen LogP contribution in [-0.4, -0.2) is 47.3 Å². The van der Waals surface area contributed by atoms with Crippen molar-refractivity contribution in [1.82, 2.24) is 4.72 Å². The third-order valence-electron chi connectivity index (χ3n) is 5.26. The van der Waals surface area contributed by atoms with Gasteiger partial charge < -0.3 is 9.64 Å². The summed E-state index contributed by atoms with van der Waals surface area (Å²) in [6, 6.07) is 6.30. The summed E-state index contributed by atoms with van der Waals surface area (Å²) >= 11 is 0. The van der Waals surface area contributed by atoms with E-state index >= 15 is 0 Å². The molecule has 1 aromatic carbocycles. The number of anilines is 2. The lowest BCUT2D eigenvalue weighted by Crippen LogP contribution is -2.44. The summed E-state index contributed by atoms with van der Waals surface area (Å²) in [4.78, 5) is 2.26. The van der Waals surface area contributed by atoms with E-state index in [9.17, 15) is 8.42 Å². The molecule has 0 aromatic heterocycles. The first-order valence-corrected chi connectivity index (χ1v) is 10.3. The van der Waals surface area contributed by atoms with Crippen molar-refractivity contribution in [3.63, 3.8) is 0 Å². The van der Waals surface area contributed by atoms with Crippen LogP contribution in [0.5, 0.6) is 0 Å². The van der Waals surface area contributed by atoms with Gasteiger partial charge in [0.1, 0.15) is 0 Å². The third-order valence-corrected chi connectivity index (χ3v) is 6.85. The topological polar surface area (TPSA) is 61.9 Å². The van der Waals surface area contributed by atoms with Crippen molar-refractivity contribution in [1.29, 1.82) is 0 Å². The average molecular weight is 351 g/mol. The Morgan fingerprint density at radius 1 is 1.08 bits per heavy atom. The summed E-state index contributed by atoms with van der Waals surface area (Å²) in [6.45, 7) is 3.69. The lowest BCUT2D eigenvalue weighted by molar-refractivity contribution is 0.122. The van der Waals surface area contributed by atoms with Gasteiger partial charge in [0.2, 0.25) is 0 Å². The Bertz CT molecular complexity index is 695. The number of morpholine rings is 1.